The molecule has 0 aliphatic rings. The van der Waals surface area contributed by atoms with Crippen molar-refractivity contribution < 1.29 is 0 Å². The van der Waals surface area contributed by atoms with Gasteiger partial charge >= 0.3 is 0 Å². The molecule has 0 aromatic heterocycles. The van der Waals surface area contributed by atoms with Crippen molar-refractivity contribution in [2.45, 2.75) is 0 Å². The highest BCUT2D eigenvalue weighted by Crippen LogP contribution is 2.20. The van der Waals surface area contributed by atoms with Crippen molar-refractivity contribution in [3.63, 3.8) is 0 Å². The van der Waals surface area contributed by atoms with E-state index in [4.69, 9.17) is 11.6 Å². The highest BCUT2D eigenvalue weighted by molar-refractivity contribution is 6.36. The van der Waals surface area contributed by atoms with E-state index in [2.05, 4.69) is 25.3 Å². The minimum atomic E-state index is 0.739. The van der Waals surface area contributed by atoms with E-state index in [-0.39, 0.29) is 0 Å². The smallest absolute Gasteiger partial charge is 0.0490 e. The van der Waals surface area contributed by atoms with Crippen molar-refractivity contribution in [2.24, 2.45) is 0 Å². The first-order chi connectivity index (χ1) is 8.20. The molecule has 0 radical (unpaired) electrons. The zero-order valence-electron chi connectivity index (χ0n) is 9.33. The third-order valence-corrected chi connectivity index (χ3v) is 3.53. The largest absolute Gasteiger partial charge is 0.0905 e. The fourth-order valence-corrected chi connectivity index (χ4v) is 2.66. The lowest BCUT2D eigenvalue weighted by Gasteiger charge is -2.07. The van der Waals surface area contributed by atoms with Gasteiger partial charge in [0, 0.05) is 10.4 Å². The molecule has 0 aliphatic heterocycles. The molecule has 0 amide bonds. The Hall–Kier alpha value is -1.79. The molecule has 0 saturated heterocycles. The number of benzene rings is 3. The number of fused-ring (bicyclic) bond motifs is 2. The van der Waals surface area contributed by atoms with Gasteiger partial charge in [-0.05, 0) is 32.7 Å². The summed E-state index contributed by atoms with van der Waals surface area (Å²) in [6, 6.07) is 14.1. The number of hydrogen-bond donors (Lipinski definition) is 0. The van der Waals surface area contributed by atoms with Crippen LogP contribution in [-0.2, 0) is 0 Å². The molecule has 0 N–H and O–H groups in total. The van der Waals surface area contributed by atoms with Crippen molar-refractivity contribution in [1.29, 1.82) is 0 Å². The van der Waals surface area contributed by atoms with Crippen molar-refractivity contribution in [3.8, 4) is 0 Å². The first kappa shape index (κ1) is 10.4. The molecule has 1 heteroatoms. The Morgan fingerprint density at radius 2 is 1.29 bits per heavy atom. The van der Waals surface area contributed by atoms with E-state index in [1.54, 1.807) is 0 Å². The minimum absolute atomic E-state index is 0.739. The second-order valence-electron chi connectivity index (χ2n) is 4.17. The normalized spacial score (nSPS) is 11.1. The van der Waals surface area contributed by atoms with Crippen molar-refractivity contribution >= 4 is 46.3 Å². The highest BCUT2D eigenvalue weighted by atomic mass is 35.5. The van der Waals surface area contributed by atoms with E-state index < -0.39 is 0 Å². The van der Waals surface area contributed by atoms with Crippen LogP contribution in [0.25, 0.3) is 34.7 Å². The first-order valence-electron chi connectivity index (χ1n) is 5.47. The molecular formula is C16H11Cl. The molecule has 0 saturated carbocycles. The minimum Gasteiger partial charge on any atom is -0.0905 e. The quantitative estimate of drug-likeness (QED) is 0.526. The van der Waals surface area contributed by atoms with Gasteiger partial charge in [-0.2, -0.15) is 0 Å². The van der Waals surface area contributed by atoms with E-state index in [1.807, 2.05) is 30.3 Å². The van der Waals surface area contributed by atoms with E-state index >= 15 is 0 Å². The molecule has 0 aliphatic carbocycles. The van der Waals surface area contributed by atoms with Gasteiger partial charge in [-0.1, -0.05) is 61.2 Å². The molecule has 0 nitrogen and oxygen atoms in total. The molecular weight excluding hydrogens is 228 g/mol. The van der Waals surface area contributed by atoms with Gasteiger partial charge in [0.05, 0.1) is 0 Å². The van der Waals surface area contributed by atoms with Crippen LogP contribution >= 0.6 is 11.6 Å². The van der Waals surface area contributed by atoms with E-state index in [9.17, 15) is 0 Å². The summed E-state index contributed by atoms with van der Waals surface area (Å²) >= 11 is 6.27. The van der Waals surface area contributed by atoms with Crippen molar-refractivity contribution in [1.82, 2.24) is 0 Å². The maximum atomic E-state index is 6.27. The Labute approximate surface area is 104 Å². The Bertz CT molecular complexity index is 831. The van der Waals surface area contributed by atoms with Gasteiger partial charge in [-0.3, -0.25) is 0 Å². The predicted octanol–water partition coefficient (Wildman–Crippen LogP) is 3.47. The van der Waals surface area contributed by atoms with Crippen LogP contribution in [-0.4, -0.2) is 0 Å². The molecule has 0 bridgehead atoms. The monoisotopic (exact) mass is 238 g/mol. The van der Waals surface area contributed by atoms with Crippen LogP contribution < -0.4 is 10.4 Å². The summed E-state index contributed by atoms with van der Waals surface area (Å²) in [6.45, 7) is 8.34. The number of rotatable bonds is 0. The zero-order valence-corrected chi connectivity index (χ0v) is 10.1. The van der Waals surface area contributed by atoms with Gasteiger partial charge in [0.25, 0.3) is 0 Å². The van der Waals surface area contributed by atoms with Crippen LogP contribution in [0.3, 0.4) is 0 Å². The third-order valence-electron chi connectivity index (χ3n) is 3.22. The Morgan fingerprint density at radius 3 is 2.00 bits per heavy atom. The van der Waals surface area contributed by atoms with Crippen molar-refractivity contribution in [3.05, 3.63) is 57.9 Å². The second kappa shape index (κ2) is 3.61. The Morgan fingerprint density at radius 1 is 0.706 bits per heavy atom. The molecule has 0 unspecified atom stereocenters. The van der Waals surface area contributed by atoms with Gasteiger partial charge in [-0.25, -0.2) is 0 Å². The summed E-state index contributed by atoms with van der Waals surface area (Å²) in [6.07, 6.45) is 0. The molecule has 3 aromatic rings. The summed E-state index contributed by atoms with van der Waals surface area (Å²) in [4.78, 5) is 0. The lowest BCUT2D eigenvalue weighted by molar-refractivity contribution is 1.69. The van der Waals surface area contributed by atoms with Gasteiger partial charge in [-0.15, -0.1) is 0 Å². The molecule has 17 heavy (non-hydrogen) atoms. The summed E-state index contributed by atoms with van der Waals surface area (Å²) in [5.74, 6) is 0. The highest BCUT2D eigenvalue weighted by Gasteiger charge is 2.05. The van der Waals surface area contributed by atoms with Crippen LogP contribution in [0, 0.1) is 0 Å². The lowest BCUT2D eigenvalue weighted by Crippen LogP contribution is -2.12. The zero-order chi connectivity index (χ0) is 12.0. The number of halogens is 1. The van der Waals surface area contributed by atoms with E-state index in [0.29, 0.717) is 0 Å². The summed E-state index contributed by atoms with van der Waals surface area (Å²) in [5.41, 5.74) is 0. The first-order valence-corrected chi connectivity index (χ1v) is 5.85. The topological polar surface area (TPSA) is 0 Å². The van der Waals surface area contributed by atoms with Gasteiger partial charge in [0.15, 0.2) is 0 Å². The lowest BCUT2D eigenvalue weighted by atomic mass is 9.99. The van der Waals surface area contributed by atoms with Crippen LogP contribution in [0.5, 0.6) is 0 Å². The number of hydrogen-bond acceptors (Lipinski definition) is 0. The van der Waals surface area contributed by atoms with Crippen LogP contribution in [0.4, 0.5) is 0 Å². The van der Waals surface area contributed by atoms with E-state index in [1.165, 1.54) is 0 Å². The molecule has 3 rings (SSSR count). The molecule has 0 fully saturated rings. The van der Waals surface area contributed by atoms with Gasteiger partial charge in [0.1, 0.15) is 0 Å². The van der Waals surface area contributed by atoms with Crippen LogP contribution in [0.2, 0.25) is 5.02 Å². The summed E-state index contributed by atoms with van der Waals surface area (Å²) < 4.78 is 0. The molecule has 82 valence electrons. The molecule has 3 aromatic carbocycles. The van der Waals surface area contributed by atoms with E-state index in [0.717, 1.165) is 37.0 Å². The average molecular weight is 239 g/mol. The average Bonchev–Trinajstić information content (AvgIpc) is 2.36. The van der Waals surface area contributed by atoms with Gasteiger partial charge in [0.2, 0.25) is 0 Å². The van der Waals surface area contributed by atoms with Crippen LogP contribution in [0.15, 0.2) is 42.5 Å². The Kier molecular flexibility index (Phi) is 2.20. The maximum Gasteiger partial charge on any atom is 0.0490 e. The molecule has 0 spiro atoms. The fraction of sp³-hybridized carbons (Fsp3) is 0. The van der Waals surface area contributed by atoms with Crippen LogP contribution in [0.1, 0.15) is 0 Å². The maximum absolute atomic E-state index is 6.27. The summed E-state index contributed by atoms with van der Waals surface area (Å²) in [7, 11) is 0. The molecule has 0 heterocycles. The van der Waals surface area contributed by atoms with Gasteiger partial charge < -0.3 is 0 Å². The molecule has 0 atom stereocenters. The fourth-order valence-electron chi connectivity index (χ4n) is 2.37. The predicted molar refractivity (Wildman–Crippen MR) is 76.8 cm³/mol. The Balaban J connectivity index is 2.80. The SMILES string of the molecule is C=c1c2ccccc2c(=C)c2c(Cl)cccc12. The standard InChI is InChI=1S/C16H11Cl/c1-10-12-6-3-4-7-13(12)11(2)16-14(10)8-5-9-15(16)17/h3-9H,1-2H2. The third kappa shape index (κ3) is 1.38. The van der Waals surface area contributed by atoms with Crippen molar-refractivity contribution in [2.75, 3.05) is 0 Å². The summed E-state index contributed by atoms with van der Waals surface area (Å²) in [5, 5.41) is 7.10. The second-order valence-corrected chi connectivity index (χ2v) is 4.57.